The summed E-state index contributed by atoms with van der Waals surface area (Å²) in [5.74, 6) is 0.103. The molecule has 3 rings (SSSR count). The molecule has 2 aromatic rings. The summed E-state index contributed by atoms with van der Waals surface area (Å²) in [7, 11) is 1.70. The molecule has 1 aromatic carbocycles. The zero-order valence-electron chi connectivity index (χ0n) is 13.2. The number of nitrogens with zero attached hydrogens (tertiary/aromatic N) is 3. The van der Waals surface area contributed by atoms with Crippen LogP contribution in [0.5, 0.6) is 0 Å². The SMILES string of the molecule is CNC(=O)[C@H]1CCCCN1Cc1nc2ccccc2nc1C. The summed E-state index contributed by atoms with van der Waals surface area (Å²) in [6.07, 6.45) is 3.16. The van der Waals surface area contributed by atoms with Gasteiger partial charge < -0.3 is 5.32 Å². The second kappa shape index (κ2) is 6.40. The first-order valence-electron chi connectivity index (χ1n) is 7.87. The first kappa shape index (κ1) is 14.9. The Morgan fingerprint density at radius 3 is 2.73 bits per heavy atom. The molecular formula is C17H22N4O. The number of likely N-dealkylation sites (N-methyl/N-ethyl adjacent to an activating group) is 1. The molecule has 1 fully saturated rings. The molecule has 1 N–H and O–H groups in total. The molecule has 1 aliphatic heterocycles. The smallest absolute Gasteiger partial charge is 0.237 e. The van der Waals surface area contributed by atoms with Crippen molar-refractivity contribution in [1.82, 2.24) is 20.2 Å². The molecule has 0 radical (unpaired) electrons. The van der Waals surface area contributed by atoms with Gasteiger partial charge in [-0.05, 0) is 38.4 Å². The number of hydrogen-bond acceptors (Lipinski definition) is 4. The van der Waals surface area contributed by atoms with Gasteiger partial charge in [-0.2, -0.15) is 0 Å². The third kappa shape index (κ3) is 2.95. The van der Waals surface area contributed by atoms with Crippen molar-refractivity contribution in [3.8, 4) is 0 Å². The summed E-state index contributed by atoms with van der Waals surface area (Å²) in [5, 5.41) is 2.78. The van der Waals surface area contributed by atoms with Gasteiger partial charge in [0.1, 0.15) is 0 Å². The molecular weight excluding hydrogens is 276 g/mol. The van der Waals surface area contributed by atoms with Crippen LogP contribution in [0.2, 0.25) is 0 Å². The van der Waals surface area contributed by atoms with Gasteiger partial charge in [-0.3, -0.25) is 9.69 Å². The van der Waals surface area contributed by atoms with E-state index in [1.807, 2.05) is 31.2 Å². The molecule has 0 spiro atoms. The topological polar surface area (TPSA) is 58.1 Å². The fraction of sp³-hybridized carbons (Fsp3) is 0.471. The average molecular weight is 298 g/mol. The van der Waals surface area contributed by atoms with E-state index in [1.165, 1.54) is 0 Å². The first-order valence-corrected chi connectivity index (χ1v) is 7.87. The van der Waals surface area contributed by atoms with E-state index >= 15 is 0 Å². The maximum Gasteiger partial charge on any atom is 0.237 e. The largest absolute Gasteiger partial charge is 0.358 e. The molecule has 5 nitrogen and oxygen atoms in total. The Morgan fingerprint density at radius 1 is 1.27 bits per heavy atom. The van der Waals surface area contributed by atoms with Crippen molar-refractivity contribution in [1.29, 1.82) is 0 Å². The minimum Gasteiger partial charge on any atom is -0.358 e. The lowest BCUT2D eigenvalue weighted by molar-refractivity contribution is -0.127. The second-order valence-electron chi connectivity index (χ2n) is 5.84. The number of piperidine rings is 1. The van der Waals surface area contributed by atoms with E-state index in [1.54, 1.807) is 7.05 Å². The van der Waals surface area contributed by atoms with Crippen molar-refractivity contribution < 1.29 is 4.79 Å². The van der Waals surface area contributed by atoms with Crippen LogP contribution < -0.4 is 5.32 Å². The highest BCUT2D eigenvalue weighted by Crippen LogP contribution is 2.21. The van der Waals surface area contributed by atoms with Gasteiger partial charge in [0, 0.05) is 13.6 Å². The zero-order chi connectivity index (χ0) is 15.5. The lowest BCUT2D eigenvalue weighted by Crippen LogP contribution is -2.48. The number of hydrogen-bond donors (Lipinski definition) is 1. The summed E-state index contributed by atoms with van der Waals surface area (Å²) in [6.45, 7) is 3.61. The third-order valence-corrected chi connectivity index (χ3v) is 4.36. The van der Waals surface area contributed by atoms with Crippen molar-refractivity contribution in [2.75, 3.05) is 13.6 Å². The van der Waals surface area contributed by atoms with Crippen LogP contribution in [0.1, 0.15) is 30.7 Å². The predicted octanol–water partition coefficient (Wildman–Crippen LogP) is 2.04. The van der Waals surface area contributed by atoms with Crippen LogP contribution in [-0.2, 0) is 11.3 Å². The summed E-state index contributed by atoms with van der Waals surface area (Å²) >= 11 is 0. The van der Waals surface area contributed by atoms with E-state index in [9.17, 15) is 4.79 Å². The number of carbonyl (C=O) groups is 1. The maximum atomic E-state index is 12.1. The Morgan fingerprint density at radius 2 is 2.00 bits per heavy atom. The summed E-state index contributed by atoms with van der Waals surface area (Å²) < 4.78 is 0. The molecule has 1 saturated heterocycles. The normalized spacial score (nSPS) is 19.3. The van der Waals surface area contributed by atoms with Crippen molar-refractivity contribution in [3.05, 3.63) is 35.7 Å². The van der Waals surface area contributed by atoms with Gasteiger partial charge in [-0.25, -0.2) is 9.97 Å². The number of para-hydroxylation sites is 2. The van der Waals surface area contributed by atoms with E-state index in [4.69, 9.17) is 4.98 Å². The number of amides is 1. The minimum atomic E-state index is -0.0496. The number of fused-ring (bicyclic) bond motifs is 1. The molecule has 1 amide bonds. The maximum absolute atomic E-state index is 12.1. The molecule has 2 heterocycles. The number of rotatable bonds is 3. The van der Waals surface area contributed by atoms with E-state index < -0.39 is 0 Å². The number of benzene rings is 1. The molecule has 1 atom stereocenters. The molecule has 0 bridgehead atoms. The number of aromatic nitrogens is 2. The van der Waals surface area contributed by atoms with Gasteiger partial charge in [0.2, 0.25) is 5.91 Å². The van der Waals surface area contributed by atoms with Gasteiger partial charge in [0.25, 0.3) is 0 Å². The highest BCUT2D eigenvalue weighted by Gasteiger charge is 2.28. The Labute approximate surface area is 130 Å². The van der Waals surface area contributed by atoms with E-state index in [0.717, 1.165) is 48.2 Å². The third-order valence-electron chi connectivity index (χ3n) is 4.36. The lowest BCUT2D eigenvalue weighted by atomic mass is 10.0. The summed E-state index contributed by atoms with van der Waals surface area (Å²) in [5.41, 5.74) is 3.75. The molecule has 116 valence electrons. The van der Waals surface area contributed by atoms with Crippen LogP contribution in [0.3, 0.4) is 0 Å². The number of carbonyl (C=O) groups excluding carboxylic acids is 1. The predicted molar refractivity (Wildman–Crippen MR) is 86.4 cm³/mol. The van der Waals surface area contributed by atoms with Crippen LogP contribution in [0, 0.1) is 6.92 Å². The molecule has 0 unspecified atom stereocenters. The van der Waals surface area contributed by atoms with Crippen molar-refractivity contribution >= 4 is 16.9 Å². The van der Waals surface area contributed by atoms with Crippen LogP contribution in [0.4, 0.5) is 0 Å². The highest BCUT2D eigenvalue weighted by molar-refractivity contribution is 5.81. The standard InChI is InChI=1S/C17H22N4O/c1-12-15(20-14-8-4-3-7-13(14)19-12)11-21-10-6-5-9-16(21)17(22)18-2/h3-4,7-8,16H,5-6,9-11H2,1-2H3,(H,18,22)/t16-/m1/s1. The van der Waals surface area contributed by atoms with Gasteiger partial charge in [-0.15, -0.1) is 0 Å². The van der Waals surface area contributed by atoms with Crippen molar-refractivity contribution in [2.24, 2.45) is 0 Å². The Balaban J connectivity index is 1.87. The Bertz CT molecular complexity index is 685. The fourth-order valence-electron chi connectivity index (χ4n) is 3.11. The highest BCUT2D eigenvalue weighted by atomic mass is 16.2. The summed E-state index contributed by atoms with van der Waals surface area (Å²) in [6, 6.07) is 7.86. The second-order valence-corrected chi connectivity index (χ2v) is 5.84. The number of nitrogens with one attached hydrogen (secondary N) is 1. The first-order chi connectivity index (χ1) is 10.7. The van der Waals surface area contributed by atoms with Crippen molar-refractivity contribution in [3.63, 3.8) is 0 Å². The molecule has 1 aliphatic rings. The lowest BCUT2D eigenvalue weighted by Gasteiger charge is -2.34. The monoisotopic (exact) mass is 298 g/mol. The summed E-state index contributed by atoms with van der Waals surface area (Å²) in [4.78, 5) is 23.7. The minimum absolute atomic E-state index is 0.0496. The molecule has 0 saturated carbocycles. The quantitative estimate of drug-likeness (QED) is 0.942. The van der Waals surface area contributed by atoms with Crippen LogP contribution in [0.25, 0.3) is 11.0 Å². The van der Waals surface area contributed by atoms with Gasteiger partial charge in [0.05, 0.1) is 28.5 Å². The zero-order valence-corrected chi connectivity index (χ0v) is 13.2. The fourth-order valence-corrected chi connectivity index (χ4v) is 3.11. The van der Waals surface area contributed by atoms with Gasteiger partial charge in [0.15, 0.2) is 0 Å². The number of likely N-dealkylation sites (tertiary alicyclic amines) is 1. The van der Waals surface area contributed by atoms with Gasteiger partial charge >= 0.3 is 0 Å². The van der Waals surface area contributed by atoms with E-state index in [-0.39, 0.29) is 11.9 Å². The molecule has 1 aromatic heterocycles. The molecule has 5 heteroatoms. The van der Waals surface area contributed by atoms with Crippen LogP contribution in [-0.4, -0.2) is 40.4 Å². The van der Waals surface area contributed by atoms with E-state index in [2.05, 4.69) is 15.2 Å². The van der Waals surface area contributed by atoms with Gasteiger partial charge in [-0.1, -0.05) is 18.6 Å². The Hall–Kier alpha value is -2.01. The number of aryl methyl sites for hydroxylation is 1. The van der Waals surface area contributed by atoms with Crippen LogP contribution in [0.15, 0.2) is 24.3 Å². The van der Waals surface area contributed by atoms with Crippen LogP contribution >= 0.6 is 0 Å². The van der Waals surface area contributed by atoms with Crippen molar-refractivity contribution in [2.45, 2.75) is 38.8 Å². The average Bonchev–Trinajstić information content (AvgIpc) is 2.55. The Kier molecular flexibility index (Phi) is 4.34. The molecule has 22 heavy (non-hydrogen) atoms. The molecule has 0 aliphatic carbocycles. The van der Waals surface area contributed by atoms with E-state index in [0.29, 0.717) is 6.54 Å².